The van der Waals surface area contributed by atoms with Crippen LogP contribution in [0.15, 0.2) is 30.4 Å². The highest BCUT2D eigenvalue weighted by molar-refractivity contribution is 6.20. The molecular weight excluding hydrogens is 148 g/mol. The second-order valence-corrected chi connectivity index (χ2v) is 3.07. The third kappa shape index (κ3) is 0.527. The van der Waals surface area contributed by atoms with Gasteiger partial charge in [0.2, 0.25) is 0 Å². The van der Waals surface area contributed by atoms with Gasteiger partial charge in [0.25, 0.3) is 0 Å². The fourth-order valence-corrected chi connectivity index (χ4v) is 1.84. The van der Waals surface area contributed by atoms with Gasteiger partial charge in [-0.25, -0.2) is 0 Å². The maximum atomic E-state index is 11.4. The third-order valence-electron chi connectivity index (χ3n) is 2.38. The van der Waals surface area contributed by atoms with Gasteiger partial charge in [-0.3, -0.25) is 4.79 Å². The summed E-state index contributed by atoms with van der Waals surface area (Å²) in [6, 6.07) is 5.85. The van der Waals surface area contributed by atoms with Gasteiger partial charge in [-0.2, -0.15) is 0 Å². The normalized spacial score (nSPS) is 16.7. The molecule has 0 bridgehead atoms. The summed E-state index contributed by atoms with van der Waals surface area (Å²) in [5.41, 5.74) is 4.23. The van der Waals surface area contributed by atoms with Crippen LogP contribution in [0.1, 0.15) is 21.5 Å². The summed E-state index contributed by atoms with van der Waals surface area (Å²) in [6.45, 7) is 0. The van der Waals surface area contributed by atoms with Gasteiger partial charge < -0.3 is 0 Å². The average molecular weight is 154 g/mol. The molecule has 0 saturated heterocycles. The zero-order valence-corrected chi connectivity index (χ0v) is 6.37. The van der Waals surface area contributed by atoms with Gasteiger partial charge in [0.05, 0.1) is 0 Å². The Hall–Kier alpha value is -1.63. The van der Waals surface area contributed by atoms with Gasteiger partial charge >= 0.3 is 0 Å². The van der Waals surface area contributed by atoms with Crippen molar-refractivity contribution < 1.29 is 4.79 Å². The largest absolute Gasteiger partial charge is 0.289 e. The molecule has 0 atom stereocenters. The Morgan fingerprint density at radius 3 is 2.92 bits per heavy atom. The first kappa shape index (κ1) is 5.95. The minimum absolute atomic E-state index is 0.145. The standard InChI is InChI=1S/C11H6O/c12-10-6-8-5-4-7-2-1-3-9(10)11(7)8/h1-6H. The Kier molecular flexibility index (Phi) is 0.867. The SMILES string of the molecule is O=C1C=C2C=Cc3cccc1c32. The molecule has 1 heteroatoms. The predicted octanol–water partition coefficient (Wildman–Crippen LogP) is 2.29. The summed E-state index contributed by atoms with van der Waals surface area (Å²) in [6.07, 6.45) is 5.76. The molecule has 0 amide bonds. The van der Waals surface area contributed by atoms with Crippen molar-refractivity contribution >= 4 is 17.4 Å². The summed E-state index contributed by atoms with van der Waals surface area (Å²) in [5, 5.41) is 0. The van der Waals surface area contributed by atoms with Crippen LogP contribution in [0.25, 0.3) is 11.6 Å². The maximum absolute atomic E-state index is 11.4. The van der Waals surface area contributed by atoms with E-state index in [-0.39, 0.29) is 5.78 Å². The van der Waals surface area contributed by atoms with E-state index in [1.807, 2.05) is 24.3 Å². The van der Waals surface area contributed by atoms with E-state index in [0.717, 1.165) is 16.7 Å². The topological polar surface area (TPSA) is 17.1 Å². The summed E-state index contributed by atoms with van der Waals surface area (Å²) in [5.74, 6) is 0.145. The van der Waals surface area contributed by atoms with Gasteiger partial charge in [-0.15, -0.1) is 0 Å². The van der Waals surface area contributed by atoms with Crippen molar-refractivity contribution in [2.45, 2.75) is 0 Å². The highest BCUT2D eigenvalue weighted by atomic mass is 16.1. The van der Waals surface area contributed by atoms with E-state index >= 15 is 0 Å². The number of carbonyl (C=O) groups is 1. The lowest BCUT2D eigenvalue weighted by Gasteiger charge is -1.98. The smallest absolute Gasteiger partial charge is 0.187 e. The minimum Gasteiger partial charge on any atom is -0.289 e. The van der Waals surface area contributed by atoms with Crippen LogP contribution in [0.2, 0.25) is 0 Å². The van der Waals surface area contributed by atoms with Gasteiger partial charge in [-0.05, 0) is 17.2 Å². The monoisotopic (exact) mass is 154 g/mol. The first-order chi connectivity index (χ1) is 5.86. The number of rotatable bonds is 0. The molecule has 3 rings (SSSR count). The van der Waals surface area contributed by atoms with Crippen molar-refractivity contribution in [1.29, 1.82) is 0 Å². The van der Waals surface area contributed by atoms with E-state index in [1.54, 1.807) is 6.08 Å². The molecule has 2 aliphatic carbocycles. The number of hydrogen-bond acceptors (Lipinski definition) is 1. The van der Waals surface area contributed by atoms with Crippen LogP contribution in [0.3, 0.4) is 0 Å². The molecule has 1 nitrogen and oxygen atoms in total. The van der Waals surface area contributed by atoms with Crippen molar-refractivity contribution in [1.82, 2.24) is 0 Å². The summed E-state index contributed by atoms with van der Waals surface area (Å²) < 4.78 is 0. The minimum atomic E-state index is 0.145. The zero-order chi connectivity index (χ0) is 8.13. The van der Waals surface area contributed by atoms with Crippen LogP contribution >= 0.6 is 0 Å². The second-order valence-electron chi connectivity index (χ2n) is 3.07. The molecule has 0 heterocycles. The summed E-state index contributed by atoms with van der Waals surface area (Å²) in [7, 11) is 0. The Balaban J connectivity index is 2.49. The molecule has 0 spiro atoms. The maximum Gasteiger partial charge on any atom is 0.187 e. The van der Waals surface area contributed by atoms with Crippen LogP contribution in [-0.4, -0.2) is 5.78 Å². The van der Waals surface area contributed by atoms with Gasteiger partial charge in [0, 0.05) is 11.1 Å². The van der Waals surface area contributed by atoms with Crippen molar-refractivity contribution in [3.8, 4) is 0 Å². The molecule has 1 aromatic rings. The highest BCUT2D eigenvalue weighted by Gasteiger charge is 2.24. The lowest BCUT2D eigenvalue weighted by molar-refractivity contribution is 0.105. The lowest BCUT2D eigenvalue weighted by atomic mass is 10.0. The van der Waals surface area contributed by atoms with Crippen molar-refractivity contribution in [3.63, 3.8) is 0 Å². The average Bonchev–Trinajstić information content (AvgIpc) is 2.61. The molecule has 0 aromatic heterocycles. The van der Waals surface area contributed by atoms with E-state index in [9.17, 15) is 4.79 Å². The molecular formula is C11H6O. The Morgan fingerprint density at radius 2 is 2.00 bits per heavy atom. The van der Waals surface area contributed by atoms with E-state index in [4.69, 9.17) is 0 Å². The quantitative estimate of drug-likeness (QED) is 0.560. The fourth-order valence-electron chi connectivity index (χ4n) is 1.84. The van der Waals surface area contributed by atoms with E-state index in [0.29, 0.717) is 0 Å². The molecule has 2 aliphatic rings. The number of allylic oxidation sites excluding steroid dienone is 3. The molecule has 0 saturated carbocycles. The van der Waals surface area contributed by atoms with Crippen molar-refractivity contribution in [3.05, 3.63) is 47.0 Å². The summed E-state index contributed by atoms with van der Waals surface area (Å²) >= 11 is 0. The number of ketones is 1. The first-order valence-corrected chi connectivity index (χ1v) is 3.94. The predicted molar refractivity (Wildman–Crippen MR) is 47.8 cm³/mol. The van der Waals surface area contributed by atoms with Crippen LogP contribution in [-0.2, 0) is 0 Å². The number of hydrogen-bond donors (Lipinski definition) is 0. The Labute approximate surface area is 70.0 Å². The summed E-state index contributed by atoms with van der Waals surface area (Å²) in [4.78, 5) is 11.4. The molecule has 56 valence electrons. The second kappa shape index (κ2) is 1.75. The van der Waals surface area contributed by atoms with Crippen LogP contribution in [0.4, 0.5) is 0 Å². The Bertz CT molecular complexity index is 450. The van der Waals surface area contributed by atoms with Crippen LogP contribution < -0.4 is 0 Å². The molecule has 0 N–H and O–H groups in total. The molecule has 0 aliphatic heterocycles. The van der Waals surface area contributed by atoms with Gasteiger partial charge in [0.15, 0.2) is 5.78 Å². The third-order valence-corrected chi connectivity index (χ3v) is 2.38. The number of benzene rings is 1. The first-order valence-electron chi connectivity index (χ1n) is 3.94. The zero-order valence-electron chi connectivity index (χ0n) is 6.37. The van der Waals surface area contributed by atoms with Crippen LogP contribution in [0, 0.1) is 0 Å². The van der Waals surface area contributed by atoms with E-state index in [2.05, 4.69) is 6.08 Å². The van der Waals surface area contributed by atoms with E-state index in [1.165, 1.54) is 5.56 Å². The van der Waals surface area contributed by atoms with Crippen LogP contribution in [0.5, 0.6) is 0 Å². The number of carbonyl (C=O) groups excluding carboxylic acids is 1. The van der Waals surface area contributed by atoms with Gasteiger partial charge in [0.1, 0.15) is 0 Å². The Morgan fingerprint density at radius 1 is 1.08 bits per heavy atom. The molecule has 0 unspecified atom stereocenters. The van der Waals surface area contributed by atoms with Gasteiger partial charge in [-0.1, -0.05) is 30.4 Å². The fraction of sp³-hybridized carbons (Fsp3) is 0. The molecule has 1 aromatic carbocycles. The molecule has 12 heavy (non-hydrogen) atoms. The lowest BCUT2D eigenvalue weighted by Crippen LogP contribution is -1.91. The van der Waals surface area contributed by atoms with E-state index < -0.39 is 0 Å². The highest BCUT2D eigenvalue weighted by Crippen LogP contribution is 2.36. The van der Waals surface area contributed by atoms with Crippen molar-refractivity contribution in [2.75, 3.05) is 0 Å². The molecule has 0 radical (unpaired) electrons. The molecule has 0 fully saturated rings. The van der Waals surface area contributed by atoms with Crippen molar-refractivity contribution in [2.24, 2.45) is 0 Å².